The van der Waals surface area contributed by atoms with Crippen molar-refractivity contribution in [2.45, 2.75) is 135 Å². The van der Waals surface area contributed by atoms with Gasteiger partial charge in [-0.3, -0.25) is 62.4 Å². The maximum Gasteiger partial charge on any atom is 0.266 e. The van der Waals surface area contributed by atoms with Crippen molar-refractivity contribution in [3.63, 3.8) is 0 Å². The molecule has 0 aromatic heterocycles. The summed E-state index contributed by atoms with van der Waals surface area (Å²) in [4.78, 5) is 154. The SMILES string of the molecule is CC.CC.CC.CC.CNC(=O)C1CCC2C(=O)N(c3ccc(-c4ccc(C)c(C)c4)cc3C)C(=O)C2C1.CNC(=O)C1CCC2C(=O)N(c3ccccc3)C(=O)C2C1.CNC(=O)c1ccc2c(c1)C(=O)N(c1ccc(-c3ccc(C)c(C)c3)cc1C)C2=O.CNC(=O)c1ccc2c(c1)C(=O)N(c1ccccc1)C2=O. The smallest absolute Gasteiger partial charge is 0.266 e. The van der Waals surface area contributed by atoms with E-state index in [0.717, 1.165) is 38.3 Å². The Balaban J connectivity index is 0.000000200. The minimum Gasteiger partial charge on any atom is -0.359 e. The van der Waals surface area contributed by atoms with E-state index >= 15 is 0 Å². The highest BCUT2D eigenvalue weighted by Gasteiger charge is 2.53. The van der Waals surface area contributed by atoms with Gasteiger partial charge in [0.1, 0.15) is 0 Å². The highest BCUT2D eigenvalue weighted by molar-refractivity contribution is 6.36. The van der Waals surface area contributed by atoms with E-state index in [-0.39, 0.29) is 99.8 Å². The summed E-state index contributed by atoms with van der Waals surface area (Å²) in [6.45, 7) is 28.2. The number of carbonyl (C=O) groups excluding carboxylic acids is 12. The molecule has 4 fully saturated rings. The molecule has 6 unspecified atom stereocenters. The zero-order valence-electron chi connectivity index (χ0n) is 66.6. The number of carbonyl (C=O) groups is 12. The minimum atomic E-state index is -0.414. The molecule has 0 radical (unpaired) electrons. The topological polar surface area (TPSA) is 266 Å². The molecule has 110 heavy (non-hydrogen) atoms. The van der Waals surface area contributed by atoms with Crippen molar-refractivity contribution in [2.24, 2.45) is 35.5 Å². The summed E-state index contributed by atoms with van der Waals surface area (Å²) < 4.78 is 0. The van der Waals surface area contributed by atoms with Crippen LogP contribution in [-0.4, -0.2) is 99.1 Å². The van der Waals surface area contributed by atoms with Gasteiger partial charge in [-0.15, -0.1) is 0 Å². The van der Waals surface area contributed by atoms with Gasteiger partial charge in [-0.25, -0.2) is 14.7 Å². The molecule has 20 heteroatoms. The van der Waals surface area contributed by atoms with Crippen molar-refractivity contribution in [3.8, 4) is 22.3 Å². The Morgan fingerprint density at radius 1 is 0.300 bits per heavy atom. The molecule has 4 heterocycles. The molecule has 14 rings (SSSR count). The van der Waals surface area contributed by atoms with Crippen molar-refractivity contribution in [2.75, 3.05) is 47.8 Å². The zero-order valence-corrected chi connectivity index (χ0v) is 66.6. The third kappa shape index (κ3) is 18.0. The molecule has 0 bridgehead atoms. The molecule has 8 aromatic carbocycles. The van der Waals surface area contributed by atoms with Gasteiger partial charge in [-0.2, -0.15) is 0 Å². The van der Waals surface area contributed by atoms with Crippen LogP contribution in [0.1, 0.15) is 189 Å². The Morgan fingerprint density at radius 2 is 0.618 bits per heavy atom. The summed E-state index contributed by atoms with van der Waals surface area (Å²) >= 11 is 0. The second-order valence-electron chi connectivity index (χ2n) is 26.5. The first-order chi connectivity index (χ1) is 52.9. The maximum absolute atomic E-state index is 13.2. The Bertz CT molecular complexity index is 4780. The number of aryl methyl sites for hydroxylation is 6. The summed E-state index contributed by atoms with van der Waals surface area (Å²) in [7, 11) is 6.25. The van der Waals surface area contributed by atoms with Crippen LogP contribution in [0.3, 0.4) is 0 Å². The first-order valence-electron chi connectivity index (χ1n) is 38.0. The molecule has 2 saturated carbocycles. The van der Waals surface area contributed by atoms with Crippen molar-refractivity contribution in [1.29, 1.82) is 0 Å². The van der Waals surface area contributed by atoms with E-state index in [0.29, 0.717) is 83.5 Å². The van der Waals surface area contributed by atoms with Gasteiger partial charge in [0.2, 0.25) is 35.4 Å². The molecule has 12 amide bonds. The molecule has 8 aromatic rings. The first-order valence-corrected chi connectivity index (χ1v) is 38.0. The molecule has 0 spiro atoms. The number of benzene rings is 8. The number of imide groups is 4. The Kier molecular flexibility index (Phi) is 30.2. The number of nitrogens with zero attached hydrogens (tertiary/aromatic N) is 4. The predicted octanol–water partition coefficient (Wildman–Crippen LogP) is 15.7. The molecular formula is C90H104N8O12. The largest absolute Gasteiger partial charge is 0.359 e. The Labute approximate surface area is 646 Å². The fourth-order valence-electron chi connectivity index (χ4n) is 14.4. The van der Waals surface area contributed by atoms with Gasteiger partial charge in [0.05, 0.1) is 68.7 Å². The standard InChI is InChI=1S/C25H28N2O3.C25H22N2O3.C16H18N2O3.C16H12N2O3.4C2H6/c2*1-14-5-6-17(11-15(14)2)18-8-10-22(16(3)12-18)27-24(29)20-9-7-19(23(28)26-4)13-21(20)25(27)30;2*1-17-14(19)10-7-8-12-13(9-10)16(21)18(15(12)20)11-5-3-2-4-6-11;4*1-2/h5-6,8,10-12,19-21H,7,9,13H2,1-4H3,(H,26,28);5-13H,1-4H3,(H,26,28);2-6,10,12-13H,7-9H2,1H3,(H,17,19);2-9H,1H3,(H,17,19);4*1-2H3. The summed E-state index contributed by atoms with van der Waals surface area (Å²) in [5.74, 6) is -4.49. The van der Waals surface area contributed by atoms with Crippen LogP contribution in [0.15, 0.2) is 170 Å². The van der Waals surface area contributed by atoms with E-state index in [4.69, 9.17) is 0 Å². The third-order valence-electron chi connectivity index (χ3n) is 20.4. The van der Waals surface area contributed by atoms with Crippen LogP contribution in [0.2, 0.25) is 0 Å². The van der Waals surface area contributed by atoms with Crippen molar-refractivity contribution in [3.05, 3.63) is 237 Å². The Morgan fingerprint density at radius 3 is 0.991 bits per heavy atom. The molecular weight excluding hydrogens is 1390 g/mol. The number of hydrogen-bond acceptors (Lipinski definition) is 12. The van der Waals surface area contributed by atoms with E-state index in [2.05, 4.69) is 85.4 Å². The van der Waals surface area contributed by atoms with Crippen molar-refractivity contribution < 1.29 is 57.5 Å². The fraction of sp³-hybridized carbons (Fsp3) is 0.333. The molecule has 6 aliphatic rings. The second-order valence-corrected chi connectivity index (χ2v) is 26.5. The molecule has 6 atom stereocenters. The highest BCUT2D eigenvalue weighted by atomic mass is 16.2. The number of anilines is 4. The van der Waals surface area contributed by atoms with Crippen molar-refractivity contribution >= 4 is 93.6 Å². The number of hydrogen-bond donors (Lipinski definition) is 4. The van der Waals surface area contributed by atoms with Gasteiger partial charge < -0.3 is 21.3 Å². The van der Waals surface area contributed by atoms with Gasteiger partial charge in [-0.1, -0.05) is 140 Å². The lowest BCUT2D eigenvalue weighted by molar-refractivity contribution is -0.130. The number of amides is 12. The quantitative estimate of drug-likeness (QED) is 0.0932. The van der Waals surface area contributed by atoms with Gasteiger partial charge in [0.15, 0.2) is 0 Å². The van der Waals surface area contributed by atoms with E-state index in [1.54, 1.807) is 68.7 Å². The van der Waals surface area contributed by atoms with E-state index in [1.807, 2.05) is 124 Å². The summed E-state index contributed by atoms with van der Waals surface area (Å²) in [6, 6.07) is 51.1. The van der Waals surface area contributed by atoms with Crippen LogP contribution >= 0.6 is 0 Å². The Hall–Kier alpha value is -11.8. The average Bonchev–Trinajstić information content (AvgIpc) is 1.63. The molecule has 2 saturated heterocycles. The minimum absolute atomic E-state index is 0.0353. The van der Waals surface area contributed by atoms with Gasteiger partial charge in [-0.05, 0) is 221 Å². The summed E-state index contributed by atoms with van der Waals surface area (Å²) in [5, 5.41) is 10.3. The van der Waals surface area contributed by atoms with Gasteiger partial charge >= 0.3 is 0 Å². The van der Waals surface area contributed by atoms with E-state index in [1.165, 1.54) is 75.3 Å². The fourth-order valence-corrected chi connectivity index (χ4v) is 14.4. The number of fused-ring (bicyclic) bond motifs is 4. The number of rotatable bonds is 10. The van der Waals surface area contributed by atoms with Crippen LogP contribution in [0.5, 0.6) is 0 Å². The highest BCUT2D eigenvalue weighted by Crippen LogP contribution is 2.45. The lowest BCUT2D eigenvalue weighted by Gasteiger charge is -2.27. The molecule has 576 valence electrons. The van der Waals surface area contributed by atoms with Gasteiger partial charge in [0, 0.05) is 51.2 Å². The zero-order chi connectivity index (χ0) is 81.1. The average molecular weight is 1490 g/mol. The normalized spacial score (nSPS) is 18.1. The van der Waals surface area contributed by atoms with Crippen LogP contribution in [0, 0.1) is 77.0 Å². The summed E-state index contributed by atoms with van der Waals surface area (Å²) in [6.07, 6.45) is 3.44. The number of para-hydroxylation sites is 2. The number of nitrogens with one attached hydrogen (secondary N) is 4. The molecule has 4 aliphatic heterocycles. The molecule has 20 nitrogen and oxygen atoms in total. The van der Waals surface area contributed by atoms with Crippen LogP contribution in [-0.2, 0) is 28.8 Å². The molecule has 4 N–H and O–H groups in total. The monoisotopic (exact) mass is 1490 g/mol. The summed E-state index contributed by atoms with van der Waals surface area (Å²) in [5.41, 5.74) is 15.1. The van der Waals surface area contributed by atoms with E-state index in [9.17, 15) is 57.5 Å². The predicted molar refractivity (Wildman–Crippen MR) is 434 cm³/mol. The van der Waals surface area contributed by atoms with Crippen LogP contribution in [0.25, 0.3) is 22.3 Å². The van der Waals surface area contributed by atoms with Crippen LogP contribution < -0.4 is 40.9 Å². The third-order valence-corrected chi connectivity index (χ3v) is 20.4. The first kappa shape index (κ1) is 85.4. The lowest BCUT2D eigenvalue weighted by Crippen LogP contribution is -2.35. The lowest BCUT2D eigenvalue weighted by atomic mass is 9.75. The maximum atomic E-state index is 13.2. The van der Waals surface area contributed by atoms with Crippen LogP contribution in [0.4, 0.5) is 22.7 Å². The second kappa shape index (κ2) is 38.8. The van der Waals surface area contributed by atoms with Gasteiger partial charge in [0.25, 0.3) is 35.4 Å². The van der Waals surface area contributed by atoms with E-state index < -0.39 is 17.7 Å². The van der Waals surface area contributed by atoms with Crippen molar-refractivity contribution in [1.82, 2.24) is 21.3 Å². The molecule has 2 aliphatic carbocycles.